The Labute approximate surface area is 170 Å². The molecule has 1 N–H and O–H groups in total. The molecule has 25 heavy (non-hydrogen) atoms. The molecule has 1 atom stereocenters. The summed E-state index contributed by atoms with van der Waals surface area (Å²) in [6.07, 6.45) is 22.4. The fraction of sp³-hybridized carbons (Fsp3) is 1.00. The van der Waals surface area contributed by atoms with E-state index < -0.39 is 0 Å². The topological polar surface area (TPSA) is 20.2 Å². The number of halogens is 1. The summed E-state index contributed by atoms with van der Waals surface area (Å²) in [5.74, 6) is 0. The average molecular weight is 423 g/mol. The maximum atomic E-state index is 9.68. The van der Waals surface area contributed by atoms with E-state index in [4.69, 9.17) is 0 Å². The molecule has 3 heteroatoms. The van der Waals surface area contributed by atoms with Crippen molar-refractivity contribution in [3.8, 4) is 0 Å². The Morgan fingerprint density at radius 2 is 0.880 bits per heavy atom. The van der Waals surface area contributed by atoms with Gasteiger partial charge >= 0.3 is 0 Å². The van der Waals surface area contributed by atoms with E-state index >= 15 is 0 Å². The molecule has 0 saturated carbocycles. The highest BCUT2D eigenvalue weighted by Crippen LogP contribution is 2.14. The lowest BCUT2D eigenvalue weighted by molar-refractivity contribution is -0.934. The van der Waals surface area contributed by atoms with Gasteiger partial charge in [-0.1, -0.05) is 96.8 Å². The number of rotatable bonds is 18. The number of unbranched alkanes of at least 4 members (excludes halogenated alkanes) is 15. The van der Waals surface area contributed by atoms with Gasteiger partial charge in [-0.25, -0.2) is 0 Å². The number of hydrogen-bond acceptors (Lipinski definition) is 1. The monoisotopic (exact) mass is 421 g/mol. The number of nitrogens with zero attached hydrogens (tertiary/aromatic N) is 1. The maximum Gasteiger partial charge on any atom is 0.187 e. The van der Waals surface area contributed by atoms with Gasteiger partial charge in [0.1, 0.15) is 0 Å². The molecule has 0 fully saturated rings. The van der Waals surface area contributed by atoms with Crippen molar-refractivity contribution >= 4 is 0 Å². The zero-order valence-corrected chi connectivity index (χ0v) is 19.5. The molecule has 0 amide bonds. The molecule has 0 aliphatic heterocycles. The normalized spacial score (nSPS) is 12.8. The molecule has 2 nitrogen and oxygen atoms in total. The van der Waals surface area contributed by atoms with Crippen molar-refractivity contribution in [2.24, 2.45) is 0 Å². The first-order valence-corrected chi connectivity index (χ1v) is 11.0. The van der Waals surface area contributed by atoms with Crippen molar-refractivity contribution in [3.05, 3.63) is 0 Å². The van der Waals surface area contributed by atoms with Gasteiger partial charge in [-0.05, 0) is 12.8 Å². The fourth-order valence-electron chi connectivity index (χ4n) is 3.25. The average Bonchev–Trinajstić information content (AvgIpc) is 2.54. The molecule has 0 spiro atoms. The Morgan fingerprint density at radius 3 is 1.16 bits per heavy atom. The lowest BCUT2D eigenvalue weighted by atomic mass is 10.0. The van der Waals surface area contributed by atoms with Gasteiger partial charge in [-0.2, -0.15) is 0 Å². The van der Waals surface area contributed by atoms with Crippen LogP contribution in [0.1, 0.15) is 117 Å². The highest BCUT2D eigenvalue weighted by Gasteiger charge is 2.20. The van der Waals surface area contributed by atoms with Crippen molar-refractivity contribution in [2.75, 3.05) is 20.6 Å². The van der Waals surface area contributed by atoms with Crippen LogP contribution in [-0.4, -0.2) is 36.5 Å². The van der Waals surface area contributed by atoms with E-state index in [-0.39, 0.29) is 23.2 Å². The molecular formula is C22H48BrNO. The molecule has 1 unspecified atom stereocenters. The summed E-state index contributed by atoms with van der Waals surface area (Å²) in [6.45, 7) is 5.28. The third kappa shape index (κ3) is 19.0. The SMILES string of the molecule is CCCCCCCCCCCCCCCCCC[N+](C)(C)C(C)O.[Br-]. The first-order chi connectivity index (χ1) is 11.5. The third-order valence-electron chi connectivity index (χ3n) is 5.60. The summed E-state index contributed by atoms with van der Waals surface area (Å²) in [6, 6.07) is 0. The van der Waals surface area contributed by atoms with E-state index in [0.29, 0.717) is 0 Å². The van der Waals surface area contributed by atoms with Crippen LogP contribution in [-0.2, 0) is 0 Å². The van der Waals surface area contributed by atoms with E-state index in [0.717, 1.165) is 11.0 Å². The molecule has 0 aliphatic carbocycles. The summed E-state index contributed by atoms with van der Waals surface area (Å²) in [7, 11) is 4.24. The maximum absolute atomic E-state index is 9.68. The van der Waals surface area contributed by atoms with Crippen LogP contribution >= 0.6 is 0 Å². The minimum atomic E-state index is -0.249. The van der Waals surface area contributed by atoms with Crippen LogP contribution < -0.4 is 17.0 Å². The van der Waals surface area contributed by atoms with Gasteiger partial charge in [-0.15, -0.1) is 0 Å². The van der Waals surface area contributed by atoms with Gasteiger partial charge in [0.25, 0.3) is 0 Å². The van der Waals surface area contributed by atoms with Crippen molar-refractivity contribution < 1.29 is 26.6 Å². The van der Waals surface area contributed by atoms with Crippen molar-refractivity contribution in [2.45, 2.75) is 123 Å². The second-order valence-electron chi connectivity index (χ2n) is 8.44. The number of aliphatic hydroxyl groups excluding tert-OH is 1. The fourth-order valence-corrected chi connectivity index (χ4v) is 3.25. The molecule has 154 valence electrons. The molecule has 0 aromatic rings. The summed E-state index contributed by atoms with van der Waals surface area (Å²) in [5, 5.41) is 9.68. The number of aliphatic hydroxyl groups is 1. The first kappa shape index (κ1) is 27.6. The summed E-state index contributed by atoms with van der Waals surface area (Å²) in [5.41, 5.74) is 0. The molecule has 0 bridgehead atoms. The minimum absolute atomic E-state index is 0. The van der Waals surface area contributed by atoms with Gasteiger partial charge in [0.05, 0.1) is 20.6 Å². The second kappa shape index (κ2) is 19.2. The summed E-state index contributed by atoms with van der Waals surface area (Å²) < 4.78 is 0.735. The third-order valence-corrected chi connectivity index (χ3v) is 5.60. The van der Waals surface area contributed by atoms with Crippen molar-refractivity contribution in [1.29, 1.82) is 0 Å². The van der Waals surface area contributed by atoms with Gasteiger partial charge in [-0.3, -0.25) is 0 Å². The van der Waals surface area contributed by atoms with Crippen molar-refractivity contribution in [3.63, 3.8) is 0 Å². The van der Waals surface area contributed by atoms with Gasteiger partial charge < -0.3 is 26.6 Å². The van der Waals surface area contributed by atoms with Gasteiger partial charge in [0.2, 0.25) is 0 Å². The Kier molecular flexibility index (Phi) is 21.2. The minimum Gasteiger partial charge on any atom is -1.00 e. The largest absolute Gasteiger partial charge is 1.00 e. The van der Waals surface area contributed by atoms with Crippen LogP contribution in [0.15, 0.2) is 0 Å². The van der Waals surface area contributed by atoms with Crippen LogP contribution in [0.25, 0.3) is 0 Å². The van der Waals surface area contributed by atoms with E-state index in [1.807, 2.05) is 6.92 Å². The Balaban J connectivity index is 0. The van der Waals surface area contributed by atoms with E-state index in [1.54, 1.807) is 0 Å². The Hall–Kier alpha value is 0.400. The molecule has 0 saturated heterocycles. The molecule has 0 rings (SSSR count). The van der Waals surface area contributed by atoms with Crippen molar-refractivity contribution in [1.82, 2.24) is 0 Å². The summed E-state index contributed by atoms with van der Waals surface area (Å²) in [4.78, 5) is 0. The second-order valence-corrected chi connectivity index (χ2v) is 8.44. The smallest absolute Gasteiger partial charge is 0.187 e. The van der Waals surface area contributed by atoms with Crippen LogP contribution in [0.4, 0.5) is 0 Å². The van der Waals surface area contributed by atoms with Crippen LogP contribution in [0, 0.1) is 0 Å². The molecule has 0 aromatic carbocycles. The Bertz CT molecular complexity index is 256. The Morgan fingerprint density at radius 1 is 0.600 bits per heavy atom. The molecule has 0 aromatic heterocycles. The summed E-state index contributed by atoms with van der Waals surface area (Å²) >= 11 is 0. The van der Waals surface area contributed by atoms with E-state index in [1.165, 1.54) is 103 Å². The molecule has 0 aliphatic rings. The zero-order chi connectivity index (χ0) is 18.1. The van der Waals surface area contributed by atoms with E-state index in [9.17, 15) is 5.11 Å². The molecule has 0 radical (unpaired) electrons. The van der Waals surface area contributed by atoms with Crippen LogP contribution in [0.3, 0.4) is 0 Å². The number of quaternary nitrogens is 1. The van der Waals surface area contributed by atoms with Crippen LogP contribution in [0.5, 0.6) is 0 Å². The molecular weight excluding hydrogens is 374 g/mol. The highest BCUT2D eigenvalue weighted by molar-refractivity contribution is 4.50. The lowest BCUT2D eigenvalue weighted by Gasteiger charge is -2.32. The van der Waals surface area contributed by atoms with Gasteiger partial charge in [0, 0.05) is 6.92 Å². The predicted molar refractivity (Wildman–Crippen MR) is 108 cm³/mol. The lowest BCUT2D eigenvalue weighted by Crippen LogP contribution is -3.00. The predicted octanol–water partition coefficient (Wildman–Crippen LogP) is 3.67. The molecule has 0 heterocycles. The van der Waals surface area contributed by atoms with Gasteiger partial charge in [0.15, 0.2) is 6.23 Å². The quantitative estimate of drug-likeness (QED) is 0.203. The highest BCUT2D eigenvalue weighted by atomic mass is 79.9. The van der Waals surface area contributed by atoms with Crippen LogP contribution in [0.2, 0.25) is 0 Å². The number of hydrogen-bond donors (Lipinski definition) is 1. The van der Waals surface area contributed by atoms with E-state index in [2.05, 4.69) is 21.0 Å². The first-order valence-electron chi connectivity index (χ1n) is 11.0. The standard InChI is InChI=1S/C22H48NO.BrH/c1-5-6-7-8-9-10-11-12-13-14-15-16-17-18-19-20-21-23(3,4)22(2)24;/h22,24H,5-21H2,1-4H3;1H/q+1;/p-1. The zero-order valence-electron chi connectivity index (χ0n) is 17.9.